The van der Waals surface area contributed by atoms with Gasteiger partial charge >= 0.3 is 6.09 Å². The zero-order valence-corrected chi connectivity index (χ0v) is 22.4. The Kier molecular flexibility index (Phi) is 11.2. The standard InChI is InChI=1S/C30H40N2O5/c1-6-8-13-23-20-22(15-16-26(23)33)24-18-21(12-7-2)19-25(28(24)35)32-27(34)14-10-9-11-17-31-29(36)37-30(3,4)5/h6-8,15-16,18-20,33,35H,2,9-14,17H2,1,3-5H3,(H,31,36)(H,32,34)/b8-6+. The SMILES string of the molecule is C=CCc1cc(NC(=O)CCCCCNC(=O)OC(C)(C)C)c(O)c(-c2ccc(O)c(C/C=C/C)c2)c1. The second-order valence-corrected chi connectivity index (χ2v) is 9.94. The lowest BCUT2D eigenvalue weighted by molar-refractivity contribution is -0.116. The molecule has 0 aliphatic rings. The van der Waals surface area contributed by atoms with Crippen LogP contribution in [0, 0.1) is 0 Å². The van der Waals surface area contributed by atoms with E-state index < -0.39 is 11.7 Å². The zero-order chi connectivity index (χ0) is 27.4. The van der Waals surface area contributed by atoms with Crippen molar-refractivity contribution in [3.8, 4) is 22.6 Å². The minimum absolute atomic E-state index is 0.0228. The molecule has 0 heterocycles. The van der Waals surface area contributed by atoms with Crippen LogP contribution in [0.2, 0.25) is 0 Å². The number of benzene rings is 2. The van der Waals surface area contributed by atoms with E-state index in [4.69, 9.17) is 4.74 Å². The van der Waals surface area contributed by atoms with E-state index in [-0.39, 0.29) is 17.4 Å². The summed E-state index contributed by atoms with van der Waals surface area (Å²) in [5.74, 6) is -0.0274. The van der Waals surface area contributed by atoms with Crippen LogP contribution in [-0.4, -0.2) is 34.4 Å². The summed E-state index contributed by atoms with van der Waals surface area (Å²) in [6.07, 6.45) is 8.76. The fourth-order valence-corrected chi connectivity index (χ4v) is 3.76. The van der Waals surface area contributed by atoms with Gasteiger partial charge in [0.25, 0.3) is 0 Å². The van der Waals surface area contributed by atoms with Crippen molar-refractivity contribution < 1.29 is 24.5 Å². The van der Waals surface area contributed by atoms with Gasteiger partial charge in [-0.25, -0.2) is 4.79 Å². The molecule has 2 aromatic rings. The molecule has 0 unspecified atom stereocenters. The number of phenols is 2. The van der Waals surface area contributed by atoms with Crippen LogP contribution in [0.5, 0.6) is 11.5 Å². The first kappa shape index (κ1) is 29.5. The number of nitrogens with one attached hydrogen (secondary N) is 2. The summed E-state index contributed by atoms with van der Waals surface area (Å²) in [7, 11) is 0. The molecule has 0 aliphatic carbocycles. The average molecular weight is 509 g/mol. The van der Waals surface area contributed by atoms with Gasteiger partial charge < -0.3 is 25.6 Å². The predicted octanol–water partition coefficient (Wildman–Crippen LogP) is 6.64. The van der Waals surface area contributed by atoms with Gasteiger partial charge in [0.2, 0.25) is 5.91 Å². The molecule has 7 heteroatoms. The highest BCUT2D eigenvalue weighted by Crippen LogP contribution is 2.39. The molecule has 2 aromatic carbocycles. The number of carbonyl (C=O) groups excluding carboxylic acids is 2. The van der Waals surface area contributed by atoms with E-state index in [1.165, 1.54) is 0 Å². The third-order valence-electron chi connectivity index (χ3n) is 5.54. The van der Waals surface area contributed by atoms with Crippen molar-refractivity contribution in [2.45, 2.75) is 71.8 Å². The van der Waals surface area contributed by atoms with Gasteiger partial charge in [-0.15, -0.1) is 6.58 Å². The van der Waals surface area contributed by atoms with Crippen LogP contribution in [0.1, 0.15) is 64.5 Å². The van der Waals surface area contributed by atoms with Crippen LogP contribution in [0.15, 0.2) is 55.1 Å². The lowest BCUT2D eigenvalue weighted by atomic mass is 9.96. The first-order valence-electron chi connectivity index (χ1n) is 12.7. The van der Waals surface area contributed by atoms with Gasteiger partial charge in [0, 0.05) is 18.5 Å². The van der Waals surface area contributed by atoms with E-state index in [1.807, 2.05) is 52.0 Å². The molecule has 0 saturated heterocycles. The lowest BCUT2D eigenvalue weighted by Crippen LogP contribution is -2.33. The summed E-state index contributed by atoms with van der Waals surface area (Å²) < 4.78 is 5.20. The summed E-state index contributed by atoms with van der Waals surface area (Å²) in [4.78, 5) is 24.3. The van der Waals surface area contributed by atoms with E-state index in [1.54, 1.807) is 24.3 Å². The summed E-state index contributed by atoms with van der Waals surface area (Å²) in [6.45, 7) is 11.6. The molecular weight excluding hydrogens is 468 g/mol. The molecule has 2 rings (SSSR count). The van der Waals surface area contributed by atoms with Crippen molar-refractivity contribution in [3.05, 3.63) is 66.3 Å². The number of rotatable bonds is 12. The van der Waals surface area contributed by atoms with Gasteiger partial charge in [-0.1, -0.05) is 30.7 Å². The molecule has 0 spiro atoms. The largest absolute Gasteiger partial charge is 0.508 e. The normalized spacial score (nSPS) is 11.4. The van der Waals surface area contributed by atoms with Crippen LogP contribution in [0.4, 0.5) is 10.5 Å². The smallest absolute Gasteiger partial charge is 0.407 e. The molecule has 2 amide bonds. The minimum Gasteiger partial charge on any atom is -0.508 e. The fourth-order valence-electron chi connectivity index (χ4n) is 3.76. The minimum atomic E-state index is -0.534. The van der Waals surface area contributed by atoms with Gasteiger partial charge in [-0.05, 0) is 94.3 Å². The summed E-state index contributed by atoms with van der Waals surface area (Å²) in [6, 6.07) is 8.83. The quantitative estimate of drug-likeness (QED) is 0.146. The maximum atomic E-state index is 12.6. The van der Waals surface area contributed by atoms with Crippen LogP contribution >= 0.6 is 0 Å². The van der Waals surface area contributed by atoms with Crippen molar-refractivity contribution in [3.63, 3.8) is 0 Å². The molecule has 200 valence electrons. The van der Waals surface area contributed by atoms with Crippen molar-refractivity contribution in [2.75, 3.05) is 11.9 Å². The monoisotopic (exact) mass is 508 g/mol. The number of amides is 2. The molecule has 0 fully saturated rings. The second kappa shape index (κ2) is 14.1. The van der Waals surface area contributed by atoms with Gasteiger partial charge in [0.15, 0.2) is 0 Å². The Morgan fingerprint density at radius 2 is 1.81 bits per heavy atom. The molecule has 7 nitrogen and oxygen atoms in total. The number of carbonyl (C=O) groups is 2. The Balaban J connectivity index is 2.03. The number of hydrogen-bond donors (Lipinski definition) is 4. The number of alkyl carbamates (subject to hydrolysis) is 1. The van der Waals surface area contributed by atoms with E-state index >= 15 is 0 Å². The Bertz CT molecular complexity index is 1120. The van der Waals surface area contributed by atoms with Gasteiger partial charge in [-0.2, -0.15) is 0 Å². The maximum Gasteiger partial charge on any atom is 0.407 e. The molecule has 0 aromatic heterocycles. The molecule has 0 atom stereocenters. The van der Waals surface area contributed by atoms with Crippen LogP contribution in [0.25, 0.3) is 11.1 Å². The third-order valence-corrected chi connectivity index (χ3v) is 5.54. The number of ether oxygens (including phenoxy) is 1. The molecule has 0 saturated carbocycles. The van der Waals surface area contributed by atoms with Gasteiger partial charge in [-0.3, -0.25) is 4.79 Å². The van der Waals surface area contributed by atoms with E-state index in [2.05, 4.69) is 17.2 Å². The lowest BCUT2D eigenvalue weighted by Gasteiger charge is -2.19. The molecule has 0 bridgehead atoms. The topological polar surface area (TPSA) is 108 Å². The number of phenolic OH excluding ortho intramolecular Hbond substituents is 2. The highest BCUT2D eigenvalue weighted by atomic mass is 16.6. The van der Waals surface area contributed by atoms with Crippen LogP contribution < -0.4 is 10.6 Å². The fraction of sp³-hybridized carbons (Fsp3) is 0.400. The highest BCUT2D eigenvalue weighted by molar-refractivity contribution is 5.94. The molecule has 37 heavy (non-hydrogen) atoms. The first-order chi connectivity index (χ1) is 17.5. The van der Waals surface area contributed by atoms with Gasteiger partial charge in [0.05, 0.1) is 5.69 Å². The number of allylic oxidation sites excluding steroid dienone is 3. The molecule has 0 radical (unpaired) electrons. The van der Waals surface area contributed by atoms with E-state index in [9.17, 15) is 19.8 Å². The molecular formula is C30H40N2O5. The van der Waals surface area contributed by atoms with E-state index in [0.717, 1.165) is 29.5 Å². The van der Waals surface area contributed by atoms with Crippen molar-refractivity contribution in [1.82, 2.24) is 5.32 Å². The Labute approximate surface area is 220 Å². The van der Waals surface area contributed by atoms with E-state index in [0.29, 0.717) is 43.5 Å². The number of aromatic hydroxyl groups is 2. The maximum absolute atomic E-state index is 12.6. The average Bonchev–Trinajstić information content (AvgIpc) is 2.82. The molecule has 4 N–H and O–H groups in total. The van der Waals surface area contributed by atoms with Crippen molar-refractivity contribution in [2.24, 2.45) is 0 Å². The second-order valence-electron chi connectivity index (χ2n) is 9.94. The number of hydrogen-bond acceptors (Lipinski definition) is 5. The highest BCUT2D eigenvalue weighted by Gasteiger charge is 2.16. The zero-order valence-electron chi connectivity index (χ0n) is 22.4. The summed E-state index contributed by atoms with van der Waals surface area (Å²) in [5, 5.41) is 26.8. The first-order valence-corrected chi connectivity index (χ1v) is 12.7. The Morgan fingerprint density at radius 3 is 2.49 bits per heavy atom. The third kappa shape index (κ3) is 10.0. The summed E-state index contributed by atoms with van der Waals surface area (Å²) >= 11 is 0. The van der Waals surface area contributed by atoms with Crippen LogP contribution in [0.3, 0.4) is 0 Å². The predicted molar refractivity (Wildman–Crippen MR) is 149 cm³/mol. The number of anilines is 1. The summed E-state index contributed by atoms with van der Waals surface area (Å²) in [5.41, 5.74) is 2.77. The number of unbranched alkanes of at least 4 members (excludes halogenated alkanes) is 2. The molecule has 0 aliphatic heterocycles. The Morgan fingerprint density at radius 1 is 1.05 bits per heavy atom. The van der Waals surface area contributed by atoms with Crippen molar-refractivity contribution in [1.29, 1.82) is 0 Å². The Hall–Kier alpha value is -3.74. The van der Waals surface area contributed by atoms with Crippen molar-refractivity contribution >= 4 is 17.7 Å². The van der Waals surface area contributed by atoms with Gasteiger partial charge in [0.1, 0.15) is 17.1 Å². The van der Waals surface area contributed by atoms with Crippen LogP contribution in [-0.2, 0) is 22.4 Å².